The van der Waals surface area contributed by atoms with Gasteiger partial charge in [-0.15, -0.1) is 0 Å². The van der Waals surface area contributed by atoms with Crippen LogP contribution < -0.4 is 19.3 Å². The first-order valence-electron chi connectivity index (χ1n) is 13.8. The van der Waals surface area contributed by atoms with Crippen molar-refractivity contribution in [3.8, 4) is 11.5 Å². The summed E-state index contributed by atoms with van der Waals surface area (Å²) in [5.74, 6) is -0.826. The lowest BCUT2D eigenvalue weighted by molar-refractivity contribution is -0.123. The van der Waals surface area contributed by atoms with E-state index in [9.17, 15) is 19.2 Å². The lowest BCUT2D eigenvalue weighted by Crippen LogP contribution is -2.52. The van der Waals surface area contributed by atoms with E-state index in [2.05, 4.69) is 9.80 Å². The predicted molar refractivity (Wildman–Crippen MR) is 161 cm³/mol. The van der Waals surface area contributed by atoms with Gasteiger partial charge in [-0.25, -0.2) is 9.69 Å². The number of Topliss-reactive ketones (excluding diaryl/α,β-unsaturated/α-hetero) is 1. The summed E-state index contributed by atoms with van der Waals surface area (Å²) < 4.78 is 15.6. The number of halogens is 1. The molecule has 3 aromatic rings. The Morgan fingerprint density at radius 2 is 1.53 bits per heavy atom. The molecule has 1 atom stereocenters. The molecular weight excluding hydrogens is 574 g/mol. The molecule has 0 aliphatic carbocycles. The van der Waals surface area contributed by atoms with E-state index >= 15 is 0 Å². The summed E-state index contributed by atoms with van der Waals surface area (Å²) in [5.41, 5.74) is 3.08. The second-order valence-electron chi connectivity index (χ2n) is 10.4. The standard InChI is InChI=1S/C32H32ClN3O7/c1-20-4-8-23(33)17-25(20)34-12-14-35(15-13-34)26-18-30(38)36(31(26)39)24-9-5-21(6-10-24)32(40)43-19-27(37)22-7-11-28(41-2)29(16-22)42-3/h4-11,16-17,26H,12-15,18-19H2,1-3H3. The van der Waals surface area contributed by atoms with Crippen molar-refractivity contribution in [3.05, 3.63) is 82.4 Å². The number of aryl methyl sites for hydroxylation is 1. The second-order valence-corrected chi connectivity index (χ2v) is 10.8. The van der Waals surface area contributed by atoms with Gasteiger partial charge in [0.1, 0.15) is 0 Å². The minimum absolute atomic E-state index is 0.0943. The monoisotopic (exact) mass is 605 g/mol. The number of hydrogen-bond donors (Lipinski definition) is 0. The summed E-state index contributed by atoms with van der Waals surface area (Å²) in [4.78, 5) is 56.9. The Morgan fingerprint density at radius 3 is 2.21 bits per heavy atom. The molecule has 11 heteroatoms. The van der Waals surface area contributed by atoms with Gasteiger partial charge in [0.05, 0.1) is 37.9 Å². The Balaban J connectivity index is 1.17. The molecule has 0 aromatic heterocycles. The predicted octanol–water partition coefficient (Wildman–Crippen LogP) is 4.16. The van der Waals surface area contributed by atoms with Crippen LogP contribution >= 0.6 is 11.6 Å². The van der Waals surface area contributed by atoms with Crippen molar-refractivity contribution in [2.45, 2.75) is 19.4 Å². The van der Waals surface area contributed by atoms with Crippen LogP contribution in [0.5, 0.6) is 11.5 Å². The fourth-order valence-corrected chi connectivity index (χ4v) is 5.59. The van der Waals surface area contributed by atoms with Crippen LogP contribution in [0.4, 0.5) is 11.4 Å². The smallest absolute Gasteiger partial charge is 0.338 e. The first-order chi connectivity index (χ1) is 20.7. The molecule has 0 saturated carbocycles. The highest BCUT2D eigenvalue weighted by Gasteiger charge is 2.43. The molecule has 0 spiro atoms. The molecule has 5 rings (SSSR count). The molecule has 2 amide bonds. The number of rotatable bonds is 9. The third-order valence-corrected chi connectivity index (χ3v) is 8.03. The third-order valence-electron chi connectivity index (χ3n) is 7.79. The largest absolute Gasteiger partial charge is 0.493 e. The number of nitrogens with zero attached hydrogens (tertiary/aromatic N) is 3. The summed E-state index contributed by atoms with van der Waals surface area (Å²) in [6.45, 7) is 4.27. The number of hydrogen-bond acceptors (Lipinski definition) is 9. The number of imide groups is 1. The fraction of sp³-hybridized carbons (Fsp3) is 0.312. The average Bonchev–Trinajstić information content (AvgIpc) is 3.33. The van der Waals surface area contributed by atoms with Gasteiger partial charge >= 0.3 is 5.97 Å². The number of anilines is 2. The molecular formula is C32H32ClN3O7. The van der Waals surface area contributed by atoms with Crippen molar-refractivity contribution in [2.24, 2.45) is 0 Å². The van der Waals surface area contributed by atoms with Crippen molar-refractivity contribution in [2.75, 3.05) is 56.8 Å². The van der Waals surface area contributed by atoms with Crippen LogP contribution in [0.1, 0.15) is 32.7 Å². The SMILES string of the molecule is COc1ccc(C(=O)COC(=O)c2ccc(N3C(=O)CC(N4CCN(c5cc(Cl)ccc5C)CC4)C3=O)cc2)cc1OC. The van der Waals surface area contributed by atoms with Crippen molar-refractivity contribution in [1.29, 1.82) is 0 Å². The number of amides is 2. The van der Waals surface area contributed by atoms with E-state index in [0.29, 0.717) is 54.0 Å². The Labute approximate surface area is 254 Å². The molecule has 3 aromatic carbocycles. The topological polar surface area (TPSA) is 106 Å². The zero-order valence-corrected chi connectivity index (χ0v) is 24.9. The first-order valence-corrected chi connectivity index (χ1v) is 14.2. The van der Waals surface area contributed by atoms with E-state index in [1.807, 2.05) is 25.1 Å². The minimum atomic E-state index is -0.704. The molecule has 2 saturated heterocycles. The van der Waals surface area contributed by atoms with Crippen LogP contribution in [-0.4, -0.2) is 81.5 Å². The van der Waals surface area contributed by atoms with Gasteiger partial charge in [0.15, 0.2) is 23.9 Å². The molecule has 10 nitrogen and oxygen atoms in total. The Bertz CT molecular complexity index is 1550. The van der Waals surface area contributed by atoms with E-state index in [-0.39, 0.29) is 23.8 Å². The highest BCUT2D eigenvalue weighted by Crippen LogP contribution is 2.30. The van der Waals surface area contributed by atoms with Gasteiger partial charge in [-0.2, -0.15) is 0 Å². The lowest BCUT2D eigenvalue weighted by atomic mass is 10.1. The number of ether oxygens (including phenoxy) is 3. The van der Waals surface area contributed by atoms with E-state index in [4.69, 9.17) is 25.8 Å². The quantitative estimate of drug-likeness (QED) is 0.202. The maximum absolute atomic E-state index is 13.4. The molecule has 0 radical (unpaired) electrons. The highest BCUT2D eigenvalue weighted by molar-refractivity contribution is 6.30. The Morgan fingerprint density at radius 1 is 0.860 bits per heavy atom. The van der Waals surface area contributed by atoms with Crippen molar-refractivity contribution in [1.82, 2.24) is 4.90 Å². The number of piperazine rings is 1. The first kappa shape index (κ1) is 30.1. The zero-order valence-electron chi connectivity index (χ0n) is 24.2. The number of ketones is 1. The van der Waals surface area contributed by atoms with Gasteiger partial charge in [0, 0.05) is 42.5 Å². The van der Waals surface area contributed by atoms with Gasteiger partial charge in [-0.3, -0.25) is 19.3 Å². The molecule has 0 bridgehead atoms. The van der Waals surface area contributed by atoms with Gasteiger partial charge in [0.25, 0.3) is 5.91 Å². The summed E-state index contributed by atoms with van der Waals surface area (Å²) in [5, 5.41) is 0.678. The maximum Gasteiger partial charge on any atom is 0.338 e. The number of esters is 1. The normalized spacial score (nSPS) is 17.3. The summed E-state index contributed by atoms with van der Waals surface area (Å²) in [6, 6.07) is 16.0. The molecule has 1 unspecified atom stereocenters. The van der Waals surface area contributed by atoms with Crippen LogP contribution in [0.2, 0.25) is 5.02 Å². The number of methoxy groups -OCH3 is 2. The summed E-state index contributed by atoms with van der Waals surface area (Å²) >= 11 is 6.20. The van der Waals surface area contributed by atoms with E-state index in [0.717, 1.165) is 11.3 Å². The fourth-order valence-electron chi connectivity index (χ4n) is 5.42. The third kappa shape index (κ3) is 6.35. The summed E-state index contributed by atoms with van der Waals surface area (Å²) in [6.07, 6.45) is 0.0943. The number of benzene rings is 3. The molecule has 2 aliphatic heterocycles. The zero-order chi connectivity index (χ0) is 30.7. The highest BCUT2D eigenvalue weighted by atomic mass is 35.5. The molecule has 0 N–H and O–H groups in total. The van der Waals surface area contributed by atoms with Gasteiger partial charge in [0.2, 0.25) is 5.91 Å². The molecule has 224 valence electrons. The average molecular weight is 606 g/mol. The van der Waals surface area contributed by atoms with E-state index < -0.39 is 24.4 Å². The summed E-state index contributed by atoms with van der Waals surface area (Å²) in [7, 11) is 2.95. The lowest BCUT2D eigenvalue weighted by Gasteiger charge is -2.38. The van der Waals surface area contributed by atoms with Crippen LogP contribution in [0.15, 0.2) is 60.7 Å². The molecule has 43 heavy (non-hydrogen) atoms. The molecule has 2 aliphatic rings. The number of carbonyl (C=O) groups excluding carboxylic acids is 4. The minimum Gasteiger partial charge on any atom is -0.493 e. The van der Waals surface area contributed by atoms with Crippen molar-refractivity contribution in [3.63, 3.8) is 0 Å². The van der Waals surface area contributed by atoms with Crippen LogP contribution in [-0.2, 0) is 14.3 Å². The van der Waals surface area contributed by atoms with Crippen LogP contribution in [0.3, 0.4) is 0 Å². The second kappa shape index (κ2) is 12.8. The van der Waals surface area contributed by atoms with Crippen molar-refractivity contribution < 1.29 is 33.4 Å². The maximum atomic E-state index is 13.4. The van der Waals surface area contributed by atoms with Crippen molar-refractivity contribution >= 4 is 46.5 Å². The van der Waals surface area contributed by atoms with Gasteiger partial charge in [-0.05, 0) is 67.1 Å². The van der Waals surface area contributed by atoms with E-state index in [1.165, 1.54) is 49.5 Å². The Hall–Kier alpha value is -4.41. The molecule has 2 fully saturated rings. The van der Waals surface area contributed by atoms with Crippen LogP contribution in [0, 0.1) is 6.92 Å². The van der Waals surface area contributed by atoms with Crippen LogP contribution in [0.25, 0.3) is 0 Å². The molecule has 2 heterocycles. The van der Waals surface area contributed by atoms with Gasteiger partial charge < -0.3 is 19.1 Å². The van der Waals surface area contributed by atoms with E-state index in [1.54, 1.807) is 12.1 Å². The number of carbonyl (C=O) groups is 4. The van der Waals surface area contributed by atoms with Gasteiger partial charge in [-0.1, -0.05) is 17.7 Å². The Kier molecular flexibility index (Phi) is 8.98.